The van der Waals surface area contributed by atoms with Crippen molar-refractivity contribution in [1.82, 2.24) is 0 Å². The molecule has 0 atom stereocenters. The van der Waals surface area contributed by atoms with Gasteiger partial charge in [-0.05, 0) is 5.57 Å². The summed E-state index contributed by atoms with van der Waals surface area (Å²) in [7, 11) is 4.22. The van der Waals surface area contributed by atoms with Crippen LogP contribution in [0.2, 0.25) is 0 Å². The largest absolute Gasteiger partial charge is 0.352 e. The van der Waals surface area contributed by atoms with Crippen LogP contribution in [0.15, 0.2) is 23.9 Å². The first-order valence-electron chi connectivity index (χ1n) is 3.14. The van der Waals surface area contributed by atoms with Crippen molar-refractivity contribution in [3.63, 3.8) is 0 Å². The van der Waals surface area contributed by atoms with Crippen molar-refractivity contribution in [3.05, 3.63) is 23.9 Å². The molecule has 0 aromatic carbocycles. The number of hydrogen-bond donors (Lipinski definition) is 0. The van der Waals surface area contributed by atoms with Gasteiger partial charge in [-0.25, -0.2) is 0 Å². The van der Waals surface area contributed by atoms with Crippen LogP contribution in [0.5, 0.6) is 0 Å². The Kier molecular flexibility index (Phi) is 5.20. The fourth-order valence-corrected chi connectivity index (χ4v) is 1.23. The van der Waals surface area contributed by atoms with Gasteiger partial charge in [0.1, 0.15) is 0 Å². The fourth-order valence-electron chi connectivity index (χ4n) is 0.719. The van der Waals surface area contributed by atoms with Crippen LogP contribution in [-0.2, 0) is 9.47 Å². The molecular formula is C7H14O2Si. The molecule has 0 aromatic heterocycles. The molecule has 0 heterocycles. The number of hydrogen-bond acceptors (Lipinski definition) is 2. The van der Waals surface area contributed by atoms with Crippen molar-refractivity contribution in [3.8, 4) is 0 Å². The van der Waals surface area contributed by atoms with Gasteiger partial charge in [-0.15, -0.1) is 0 Å². The quantitative estimate of drug-likeness (QED) is 0.327. The fraction of sp³-hybridized carbons (Fsp3) is 0.429. The molecule has 0 radical (unpaired) electrons. The van der Waals surface area contributed by atoms with Crippen LogP contribution < -0.4 is 0 Å². The molecule has 2 nitrogen and oxygen atoms in total. The van der Waals surface area contributed by atoms with Gasteiger partial charge in [0.2, 0.25) is 0 Å². The van der Waals surface area contributed by atoms with E-state index in [4.69, 9.17) is 9.47 Å². The smallest absolute Gasteiger partial charge is 0.182 e. The second kappa shape index (κ2) is 5.41. The molecule has 0 fully saturated rings. The van der Waals surface area contributed by atoms with E-state index in [9.17, 15) is 0 Å². The third-order valence-corrected chi connectivity index (χ3v) is 1.94. The molecule has 0 saturated heterocycles. The molecule has 10 heavy (non-hydrogen) atoms. The summed E-state index contributed by atoms with van der Waals surface area (Å²) in [6, 6.07) is 0. The van der Waals surface area contributed by atoms with Gasteiger partial charge >= 0.3 is 0 Å². The van der Waals surface area contributed by atoms with Crippen LogP contribution in [0.1, 0.15) is 0 Å². The zero-order valence-corrected chi connectivity index (χ0v) is 8.76. The standard InChI is InChI=1S/C7H14O2Si/c1-4-6(5-10)7(8-2)9-3/h4-5,7H,1H2,2-3,10H3. The molecule has 0 bridgehead atoms. The summed E-state index contributed by atoms with van der Waals surface area (Å²) < 4.78 is 10.0. The summed E-state index contributed by atoms with van der Waals surface area (Å²) in [4.78, 5) is 0. The monoisotopic (exact) mass is 158 g/mol. The highest BCUT2D eigenvalue weighted by Crippen LogP contribution is 2.05. The van der Waals surface area contributed by atoms with Gasteiger partial charge in [-0.3, -0.25) is 0 Å². The Morgan fingerprint density at radius 2 is 2.00 bits per heavy atom. The highest BCUT2D eigenvalue weighted by atomic mass is 28.1. The maximum absolute atomic E-state index is 5.00. The third kappa shape index (κ3) is 2.47. The summed E-state index contributed by atoms with van der Waals surface area (Å²) in [5.74, 6) is 0. The first kappa shape index (κ1) is 9.62. The van der Waals surface area contributed by atoms with Gasteiger partial charge in [0.05, 0.1) is 0 Å². The Balaban J connectivity index is 4.10. The lowest BCUT2D eigenvalue weighted by molar-refractivity contribution is -0.0723. The van der Waals surface area contributed by atoms with E-state index in [1.807, 2.05) is 5.70 Å². The second-order valence-corrected chi connectivity index (χ2v) is 2.37. The minimum Gasteiger partial charge on any atom is -0.352 e. The van der Waals surface area contributed by atoms with Crippen molar-refractivity contribution >= 4 is 10.2 Å². The highest BCUT2D eigenvalue weighted by Gasteiger charge is 2.06. The Hall–Kier alpha value is -0.383. The lowest BCUT2D eigenvalue weighted by Crippen LogP contribution is -2.14. The van der Waals surface area contributed by atoms with Gasteiger partial charge in [-0.2, -0.15) is 0 Å². The van der Waals surface area contributed by atoms with E-state index in [0.29, 0.717) is 0 Å². The Bertz CT molecular complexity index is 128. The van der Waals surface area contributed by atoms with Gasteiger partial charge in [0.15, 0.2) is 6.29 Å². The van der Waals surface area contributed by atoms with E-state index >= 15 is 0 Å². The number of ether oxygens (including phenoxy) is 2. The maximum atomic E-state index is 5.00. The maximum Gasteiger partial charge on any atom is 0.182 e. The average Bonchev–Trinajstić information content (AvgIpc) is 2.00. The Morgan fingerprint density at radius 1 is 1.50 bits per heavy atom. The van der Waals surface area contributed by atoms with Crippen LogP contribution in [0, 0.1) is 0 Å². The van der Waals surface area contributed by atoms with Gasteiger partial charge in [-0.1, -0.05) is 18.4 Å². The minimum absolute atomic E-state index is 0.241. The summed E-state index contributed by atoms with van der Waals surface area (Å²) in [5.41, 5.74) is 3.06. The molecular weight excluding hydrogens is 144 g/mol. The molecule has 0 aliphatic heterocycles. The molecule has 0 aromatic rings. The van der Waals surface area contributed by atoms with E-state index in [2.05, 4.69) is 6.58 Å². The predicted molar refractivity (Wildman–Crippen MR) is 46.0 cm³/mol. The average molecular weight is 158 g/mol. The Morgan fingerprint density at radius 3 is 2.10 bits per heavy atom. The number of methoxy groups -OCH3 is 2. The van der Waals surface area contributed by atoms with E-state index in [0.717, 1.165) is 15.8 Å². The van der Waals surface area contributed by atoms with Crippen LogP contribution in [-0.4, -0.2) is 30.8 Å². The van der Waals surface area contributed by atoms with Gasteiger partial charge in [0.25, 0.3) is 0 Å². The molecule has 0 saturated carbocycles. The summed E-state index contributed by atoms with van der Waals surface area (Å²) in [6.45, 7) is 3.64. The number of rotatable bonds is 4. The van der Waals surface area contributed by atoms with Gasteiger partial charge in [0, 0.05) is 24.5 Å². The Labute approximate surface area is 64.9 Å². The summed E-state index contributed by atoms with van der Waals surface area (Å²) in [6.07, 6.45) is 1.51. The van der Waals surface area contributed by atoms with Crippen LogP contribution >= 0.6 is 0 Å². The molecule has 0 unspecified atom stereocenters. The first-order chi connectivity index (χ1) is 4.79. The topological polar surface area (TPSA) is 18.5 Å². The zero-order chi connectivity index (χ0) is 7.98. The molecule has 3 heteroatoms. The third-order valence-electron chi connectivity index (χ3n) is 1.27. The normalized spacial score (nSPS) is 12.5. The molecule has 0 rings (SSSR count). The van der Waals surface area contributed by atoms with Crippen molar-refractivity contribution in [1.29, 1.82) is 0 Å². The lowest BCUT2D eigenvalue weighted by Gasteiger charge is -2.13. The molecule has 0 aliphatic rings. The highest BCUT2D eigenvalue weighted by molar-refractivity contribution is 6.17. The van der Waals surface area contributed by atoms with Gasteiger partial charge < -0.3 is 9.47 Å². The molecule has 58 valence electrons. The molecule has 0 N–H and O–H groups in total. The van der Waals surface area contributed by atoms with E-state index in [1.54, 1.807) is 20.3 Å². The lowest BCUT2D eigenvalue weighted by atomic mass is 10.3. The van der Waals surface area contributed by atoms with Crippen molar-refractivity contribution in [2.75, 3.05) is 14.2 Å². The summed E-state index contributed by atoms with van der Waals surface area (Å²) in [5, 5.41) is 0. The molecule has 0 spiro atoms. The van der Waals surface area contributed by atoms with Crippen molar-refractivity contribution in [2.24, 2.45) is 0 Å². The van der Waals surface area contributed by atoms with Crippen LogP contribution in [0.25, 0.3) is 0 Å². The molecule has 0 amide bonds. The minimum atomic E-state index is -0.241. The van der Waals surface area contributed by atoms with Crippen molar-refractivity contribution in [2.45, 2.75) is 6.29 Å². The SMILES string of the molecule is C=CC(=C[SiH3])C(OC)OC. The first-order valence-corrected chi connectivity index (χ1v) is 4.29. The van der Waals surface area contributed by atoms with Crippen molar-refractivity contribution < 1.29 is 9.47 Å². The van der Waals surface area contributed by atoms with E-state index in [-0.39, 0.29) is 6.29 Å². The predicted octanol–water partition coefficient (Wildman–Crippen LogP) is 0.0406. The van der Waals surface area contributed by atoms with E-state index < -0.39 is 0 Å². The zero-order valence-electron chi connectivity index (χ0n) is 6.76. The second-order valence-electron chi connectivity index (χ2n) is 1.80. The van der Waals surface area contributed by atoms with E-state index in [1.165, 1.54) is 0 Å². The van der Waals surface area contributed by atoms with Crippen LogP contribution in [0.3, 0.4) is 0 Å². The summed E-state index contributed by atoms with van der Waals surface area (Å²) >= 11 is 0. The van der Waals surface area contributed by atoms with Crippen LogP contribution in [0.4, 0.5) is 0 Å². The molecule has 0 aliphatic carbocycles.